The lowest BCUT2D eigenvalue weighted by molar-refractivity contribution is 0.294. The van der Waals surface area contributed by atoms with Crippen LogP contribution in [0.5, 0.6) is 0 Å². The first-order valence-electron chi connectivity index (χ1n) is 8.03. The molecule has 23 heavy (non-hydrogen) atoms. The Morgan fingerprint density at radius 2 is 1.87 bits per heavy atom. The van der Waals surface area contributed by atoms with Gasteiger partial charge in [0.15, 0.2) is 0 Å². The van der Waals surface area contributed by atoms with Crippen LogP contribution in [-0.4, -0.2) is 30.1 Å². The summed E-state index contributed by atoms with van der Waals surface area (Å²) in [6.07, 6.45) is 4.07. The minimum absolute atomic E-state index is 0.174. The third-order valence-corrected chi connectivity index (χ3v) is 6.79. The summed E-state index contributed by atoms with van der Waals surface area (Å²) in [7, 11) is -3.47. The molecule has 1 atom stereocenters. The monoisotopic (exact) mass is 332 g/mol. The molecule has 1 aromatic heterocycles. The predicted molar refractivity (Wildman–Crippen MR) is 86.9 cm³/mol. The zero-order valence-corrected chi connectivity index (χ0v) is 13.7. The van der Waals surface area contributed by atoms with Crippen LogP contribution in [0.4, 0.5) is 0 Å². The van der Waals surface area contributed by atoms with Crippen molar-refractivity contribution in [2.45, 2.75) is 31.8 Å². The summed E-state index contributed by atoms with van der Waals surface area (Å²) in [5, 5.41) is 0. The van der Waals surface area contributed by atoms with Gasteiger partial charge < -0.3 is 4.42 Å². The van der Waals surface area contributed by atoms with Gasteiger partial charge in [-0.1, -0.05) is 24.3 Å². The summed E-state index contributed by atoms with van der Waals surface area (Å²) >= 11 is 0. The van der Waals surface area contributed by atoms with Gasteiger partial charge in [-0.25, -0.2) is 0 Å². The minimum Gasteiger partial charge on any atom is -0.468 e. The molecule has 4 rings (SSSR count). The average molecular weight is 332 g/mol. The molecule has 0 aliphatic carbocycles. The molecule has 1 aromatic carbocycles. The van der Waals surface area contributed by atoms with E-state index in [-0.39, 0.29) is 6.04 Å². The zero-order valence-electron chi connectivity index (χ0n) is 12.9. The van der Waals surface area contributed by atoms with Gasteiger partial charge in [-0.2, -0.15) is 17.0 Å². The molecular formula is C17H20N2O3S. The maximum Gasteiger partial charge on any atom is 0.282 e. The van der Waals surface area contributed by atoms with Gasteiger partial charge in [0.05, 0.1) is 12.3 Å². The van der Waals surface area contributed by atoms with E-state index in [1.54, 1.807) is 14.9 Å². The Bertz CT molecular complexity index is 786. The molecule has 1 unspecified atom stereocenters. The van der Waals surface area contributed by atoms with Crippen molar-refractivity contribution in [3.8, 4) is 0 Å². The third kappa shape index (κ3) is 2.60. The van der Waals surface area contributed by atoms with E-state index in [1.807, 2.05) is 30.3 Å². The molecule has 0 amide bonds. The molecule has 0 N–H and O–H groups in total. The quantitative estimate of drug-likeness (QED) is 0.868. The Balaban J connectivity index is 1.61. The second kappa shape index (κ2) is 5.78. The highest BCUT2D eigenvalue weighted by Gasteiger charge is 2.40. The highest BCUT2D eigenvalue weighted by atomic mass is 32.2. The van der Waals surface area contributed by atoms with E-state index in [1.165, 1.54) is 5.56 Å². The molecule has 1 fully saturated rings. The first-order valence-corrected chi connectivity index (χ1v) is 9.43. The van der Waals surface area contributed by atoms with Crippen LogP contribution in [0.3, 0.4) is 0 Å². The highest BCUT2D eigenvalue weighted by molar-refractivity contribution is 7.86. The highest BCUT2D eigenvalue weighted by Crippen LogP contribution is 2.36. The maximum atomic E-state index is 13.1. The van der Waals surface area contributed by atoms with Crippen LogP contribution in [0.1, 0.15) is 35.8 Å². The van der Waals surface area contributed by atoms with Crippen LogP contribution in [0, 0.1) is 0 Å². The number of rotatable bonds is 3. The Morgan fingerprint density at radius 1 is 1.04 bits per heavy atom. The lowest BCUT2D eigenvalue weighted by Gasteiger charge is -2.33. The van der Waals surface area contributed by atoms with E-state index in [4.69, 9.17) is 4.42 Å². The van der Waals surface area contributed by atoms with Crippen LogP contribution in [-0.2, 0) is 23.2 Å². The van der Waals surface area contributed by atoms with E-state index in [0.717, 1.165) is 30.6 Å². The smallest absolute Gasteiger partial charge is 0.282 e. The number of furan rings is 1. The minimum atomic E-state index is -3.47. The van der Waals surface area contributed by atoms with Gasteiger partial charge in [0.25, 0.3) is 10.2 Å². The number of benzene rings is 1. The average Bonchev–Trinajstić information content (AvgIpc) is 3.25. The number of hydrogen-bond donors (Lipinski definition) is 0. The summed E-state index contributed by atoms with van der Waals surface area (Å²) < 4.78 is 34.9. The van der Waals surface area contributed by atoms with E-state index < -0.39 is 10.2 Å². The molecule has 6 heteroatoms. The summed E-state index contributed by atoms with van der Waals surface area (Å²) in [4.78, 5) is 0. The van der Waals surface area contributed by atoms with Crippen LogP contribution < -0.4 is 0 Å². The topological polar surface area (TPSA) is 53.8 Å². The predicted octanol–water partition coefficient (Wildman–Crippen LogP) is 2.72. The van der Waals surface area contributed by atoms with Crippen molar-refractivity contribution in [1.29, 1.82) is 0 Å². The largest absolute Gasteiger partial charge is 0.468 e. The molecule has 0 saturated carbocycles. The van der Waals surface area contributed by atoms with E-state index in [0.29, 0.717) is 19.6 Å². The van der Waals surface area contributed by atoms with Crippen molar-refractivity contribution in [3.05, 3.63) is 59.5 Å². The summed E-state index contributed by atoms with van der Waals surface area (Å²) in [5.74, 6) is 0.739. The molecule has 0 bridgehead atoms. The van der Waals surface area contributed by atoms with E-state index >= 15 is 0 Å². The van der Waals surface area contributed by atoms with Crippen molar-refractivity contribution in [3.63, 3.8) is 0 Å². The van der Waals surface area contributed by atoms with Gasteiger partial charge in [-0.05, 0) is 42.5 Å². The molecule has 5 nitrogen and oxygen atoms in total. The fourth-order valence-corrected chi connectivity index (χ4v) is 5.41. The molecule has 2 aromatic rings. The van der Waals surface area contributed by atoms with Crippen LogP contribution >= 0.6 is 0 Å². The van der Waals surface area contributed by atoms with Crippen molar-refractivity contribution in [1.82, 2.24) is 8.61 Å². The molecule has 3 heterocycles. The number of nitrogens with zero attached hydrogens (tertiary/aromatic N) is 2. The van der Waals surface area contributed by atoms with Gasteiger partial charge in [0.1, 0.15) is 5.76 Å². The van der Waals surface area contributed by atoms with Crippen molar-refractivity contribution >= 4 is 10.2 Å². The molecule has 2 aliphatic heterocycles. The number of hydrogen-bond acceptors (Lipinski definition) is 3. The molecule has 1 saturated heterocycles. The van der Waals surface area contributed by atoms with E-state index in [9.17, 15) is 8.42 Å². The van der Waals surface area contributed by atoms with Crippen LogP contribution in [0.25, 0.3) is 0 Å². The Labute approximate surface area is 136 Å². The molecular weight excluding hydrogens is 312 g/mol. The van der Waals surface area contributed by atoms with Crippen molar-refractivity contribution in [2.24, 2.45) is 0 Å². The van der Waals surface area contributed by atoms with Gasteiger partial charge in [0.2, 0.25) is 0 Å². The zero-order chi connectivity index (χ0) is 15.9. The fraction of sp³-hybridized carbons (Fsp3) is 0.412. The molecule has 122 valence electrons. The van der Waals surface area contributed by atoms with Crippen LogP contribution in [0.15, 0.2) is 47.1 Å². The standard InChI is InChI=1S/C17H20N2O3S/c20-23(21,18-11-9-14-5-1-2-6-15(14)13-18)19-10-3-7-16(19)17-8-4-12-22-17/h1-2,4-6,8,12,16H,3,7,9-11,13H2. The first kappa shape index (κ1) is 14.9. The second-order valence-electron chi connectivity index (χ2n) is 6.14. The Kier molecular flexibility index (Phi) is 3.75. The molecule has 0 spiro atoms. The van der Waals surface area contributed by atoms with Gasteiger partial charge >= 0.3 is 0 Å². The van der Waals surface area contributed by atoms with Gasteiger partial charge in [0, 0.05) is 19.6 Å². The Hall–Kier alpha value is -1.63. The third-order valence-electron chi connectivity index (χ3n) is 4.79. The van der Waals surface area contributed by atoms with Crippen molar-refractivity contribution < 1.29 is 12.8 Å². The van der Waals surface area contributed by atoms with Gasteiger partial charge in [-0.3, -0.25) is 0 Å². The maximum absolute atomic E-state index is 13.1. The molecule has 2 aliphatic rings. The Morgan fingerprint density at radius 3 is 2.65 bits per heavy atom. The van der Waals surface area contributed by atoms with Gasteiger partial charge in [-0.15, -0.1) is 0 Å². The fourth-order valence-electron chi connectivity index (χ4n) is 3.60. The lowest BCUT2D eigenvalue weighted by Crippen LogP contribution is -2.45. The second-order valence-corrected chi connectivity index (χ2v) is 8.03. The van der Waals surface area contributed by atoms with E-state index in [2.05, 4.69) is 6.07 Å². The molecule has 0 radical (unpaired) electrons. The SMILES string of the molecule is O=S(=O)(N1CCc2ccccc2C1)N1CCCC1c1ccco1. The van der Waals surface area contributed by atoms with Crippen molar-refractivity contribution in [2.75, 3.05) is 13.1 Å². The summed E-state index contributed by atoms with van der Waals surface area (Å²) in [6, 6.07) is 11.6. The van der Waals surface area contributed by atoms with Crippen LogP contribution in [0.2, 0.25) is 0 Å². The lowest BCUT2D eigenvalue weighted by atomic mass is 10.0. The summed E-state index contributed by atoms with van der Waals surface area (Å²) in [5.41, 5.74) is 2.36. The first-order chi connectivity index (χ1) is 11.2. The normalized spacial score (nSPS) is 23.0. The number of fused-ring (bicyclic) bond motifs is 1. The summed E-state index contributed by atoms with van der Waals surface area (Å²) in [6.45, 7) is 1.56.